The van der Waals surface area contributed by atoms with Crippen molar-refractivity contribution in [2.24, 2.45) is 0 Å². The molecule has 0 aliphatic rings. The number of rotatable bonds is 5. The smallest absolute Gasteiger partial charge is 0.412 e. The van der Waals surface area contributed by atoms with Gasteiger partial charge in [-0.05, 0) is 45.3 Å². The van der Waals surface area contributed by atoms with Gasteiger partial charge in [0.2, 0.25) is 0 Å². The van der Waals surface area contributed by atoms with Gasteiger partial charge in [0.25, 0.3) is 0 Å². The predicted molar refractivity (Wildman–Crippen MR) is 88.6 cm³/mol. The van der Waals surface area contributed by atoms with E-state index in [4.69, 9.17) is 9.47 Å². The zero-order chi connectivity index (χ0) is 17.5. The summed E-state index contributed by atoms with van der Waals surface area (Å²) >= 11 is 0. The summed E-state index contributed by atoms with van der Waals surface area (Å²) in [6.45, 7) is 9.10. The minimum absolute atomic E-state index is 0.137. The number of amides is 1. The van der Waals surface area contributed by atoms with Crippen molar-refractivity contribution >= 4 is 12.1 Å². The SMILES string of the molecule is CC/C(C)=C(\NC(=O)OC(C)(C)C)C(=O)OCc1ccccc1. The molecule has 0 unspecified atom stereocenters. The van der Waals surface area contributed by atoms with Crippen molar-refractivity contribution in [1.82, 2.24) is 5.32 Å². The van der Waals surface area contributed by atoms with Gasteiger partial charge in [0.05, 0.1) is 0 Å². The molecule has 1 aromatic rings. The number of hydrogen-bond acceptors (Lipinski definition) is 4. The fourth-order valence-electron chi connectivity index (χ4n) is 1.71. The van der Waals surface area contributed by atoms with E-state index in [-0.39, 0.29) is 12.3 Å². The monoisotopic (exact) mass is 319 g/mol. The number of carbonyl (C=O) groups excluding carboxylic acids is 2. The van der Waals surface area contributed by atoms with E-state index in [0.29, 0.717) is 6.42 Å². The standard InChI is InChI=1S/C18H25NO4/c1-6-13(2)15(19-17(21)23-18(3,4)5)16(20)22-12-14-10-8-7-9-11-14/h7-11H,6,12H2,1-5H3,(H,19,21)/b15-13-. The summed E-state index contributed by atoms with van der Waals surface area (Å²) in [4.78, 5) is 24.2. The first-order valence-corrected chi connectivity index (χ1v) is 7.63. The van der Waals surface area contributed by atoms with Crippen molar-refractivity contribution in [3.63, 3.8) is 0 Å². The average molecular weight is 319 g/mol. The van der Waals surface area contributed by atoms with Crippen LogP contribution in [0.25, 0.3) is 0 Å². The number of benzene rings is 1. The van der Waals surface area contributed by atoms with Crippen LogP contribution in [0.15, 0.2) is 41.6 Å². The zero-order valence-electron chi connectivity index (χ0n) is 14.4. The number of carbonyl (C=O) groups is 2. The minimum atomic E-state index is -0.669. The fraction of sp³-hybridized carbons (Fsp3) is 0.444. The van der Waals surface area contributed by atoms with E-state index in [2.05, 4.69) is 5.32 Å². The summed E-state index contributed by atoms with van der Waals surface area (Å²) in [5, 5.41) is 2.50. The van der Waals surface area contributed by atoms with Crippen molar-refractivity contribution in [2.45, 2.75) is 53.2 Å². The lowest BCUT2D eigenvalue weighted by Crippen LogP contribution is -2.35. The van der Waals surface area contributed by atoms with Crippen molar-refractivity contribution in [3.8, 4) is 0 Å². The summed E-state index contributed by atoms with van der Waals surface area (Å²) in [7, 11) is 0. The molecule has 126 valence electrons. The Morgan fingerprint density at radius 3 is 2.26 bits per heavy atom. The lowest BCUT2D eigenvalue weighted by molar-refractivity contribution is -0.140. The lowest BCUT2D eigenvalue weighted by Gasteiger charge is -2.20. The highest BCUT2D eigenvalue weighted by atomic mass is 16.6. The number of hydrogen-bond donors (Lipinski definition) is 1. The summed E-state index contributed by atoms with van der Waals surface area (Å²) in [6.07, 6.45) is -0.0528. The number of nitrogens with one attached hydrogen (secondary N) is 1. The minimum Gasteiger partial charge on any atom is -0.456 e. The average Bonchev–Trinajstić information content (AvgIpc) is 2.49. The first-order chi connectivity index (χ1) is 10.7. The molecule has 0 bridgehead atoms. The van der Waals surface area contributed by atoms with Gasteiger partial charge in [0.1, 0.15) is 17.9 Å². The van der Waals surface area contributed by atoms with Crippen LogP contribution in [0.2, 0.25) is 0 Å². The molecule has 5 nitrogen and oxygen atoms in total. The van der Waals surface area contributed by atoms with E-state index in [1.54, 1.807) is 27.7 Å². The molecular formula is C18H25NO4. The molecule has 0 saturated carbocycles. The predicted octanol–water partition coefficient (Wildman–Crippen LogP) is 3.94. The van der Waals surface area contributed by atoms with E-state index in [1.807, 2.05) is 37.3 Å². The molecule has 0 aliphatic carbocycles. The Bertz CT molecular complexity index is 570. The Labute approximate surface area is 137 Å². The van der Waals surface area contributed by atoms with Gasteiger partial charge in [-0.25, -0.2) is 9.59 Å². The molecule has 0 radical (unpaired) electrons. The van der Waals surface area contributed by atoms with Crippen molar-refractivity contribution in [3.05, 3.63) is 47.2 Å². The van der Waals surface area contributed by atoms with E-state index >= 15 is 0 Å². The first-order valence-electron chi connectivity index (χ1n) is 7.63. The van der Waals surface area contributed by atoms with Crippen LogP contribution in [-0.2, 0) is 20.9 Å². The molecule has 0 aromatic heterocycles. The Kier molecular flexibility index (Phi) is 6.82. The summed E-state index contributed by atoms with van der Waals surface area (Å²) in [6, 6.07) is 9.36. The van der Waals surface area contributed by atoms with Crippen LogP contribution in [-0.4, -0.2) is 17.7 Å². The second kappa shape index (κ2) is 8.36. The molecule has 0 spiro atoms. The third-order valence-corrected chi connectivity index (χ3v) is 3.00. The van der Waals surface area contributed by atoms with Gasteiger partial charge in [0, 0.05) is 0 Å². The molecule has 1 amide bonds. The van der Waals surface area contributed by atoms with Gasteiger partial charge in [-0.1, -0.05) is 37.3 Å². The fourth-order valence-corrected chi connectivity index (χ4v) is 1.71. The molecule has 1 rings (SSSR count). The first kappa shape index (κ1) is 18.7. The van der Waals surface area contributed by atoms with E-state index in [1.165, 1.54) is 0 Å². The highest BCUT2D eigenvalue weighted by Crippen LogP contribution is 2.12. The highest BCUT2D eigenvalue weighted by Gasteiger charge is 2.21. The van der Waals surface area contributed by atoms with Crippen molar-refractivity contribution < 1.29 is 19.1 Å². The Morgan fingerprint density at radius 1 is 1.13 bits per heavy atom. The van der Waals surface area contributed by atoms with Gasteiger partial charge in [-0.15, -0.1) is 0 Å². The van der Waals surface area contributed by atoms with Crippen LogP contribution in [0.3, 0.4) is 0 Å². The topological polar surface area (TPSA) is 64.6 Å². The Hall–Kier alpha value is -2.30. The summed E-state index contributed by atoms with van der Waals surface area (Å²) in [5.41, 5.74) is 1.11. The van der Waals surface area contributed by atoms with Crippen LogP contribution in [0.1, 0.15) is 46.6 Å². The second-order valence-corrected chi connectivity index (χ2v) is 6.20. The van der Waals surface area contributed by atoms with Crippen LogP contribution in [0, 0.1) is 0 Å². The third kappa shape index (κ3) is 7.00. The summed E-state index contributed by atoms with van der Waals surface area (Å²) < 4.78 is 10.5. The normalized spacial score (nSPS) is 12.2. The van der Waals surface area contributed by atoms with Gasteiger partial charge >= 0.3 is 12.1 Å². The Morgan fingerprint density at radius 2 is 1.74 bits per heavy atom. The molecule has 0 aliphatic heterocycles. The van der Waals surface area contributed by atoms with E-state index in [9.17, 15) is 9.59 Å². The molecular weight excluding hydrogens is 294 g/mol. The van der Waals surface area contributed by atoms with Crippen LogP contribution in [0.5, 0.6) is 0 Å². The van der Waals surface area contributed by atoms with Crippen LogP contribution < -0.4 is 5.32 Å². The van der Waals surface area contributed by atoms with E-state index in [0.717, 1.165) is 11.1 Å². The van der Waals surface area contributed by atoms with Gasteiger partial charge in [-0.3, -0.25) is 5.32 Å². The lowest BCUT2D eigenvalue weighted by atomic mass is 10.2. The zero-order valence-corrected chi connectivity index (χ0v) is 14.4. The number of ether oxygens (including phenoxy) is 2. The third-order valence-electron chi connectivity index (χ3n) is 3.00. The maximum atomic E-state index is 12.3. The molecule has 0 atom stereocenters. The maximum Gasteiger partial charge on any atom is 0.412 e. The van der Waals surface area contributed by atoms with Crippen molar-refractivity contribution in [2.75, 3.05) is 0 Å². The molecule has 0 heterocycles. The molecule has 23 heavy (non-hydrogen) atoms. The number of esters is 1. The quantitative estimate of drug-likeness (QED) is 0.659. The molecule has 0 fully saturated rings. The van der Waals surface area contributed by atoms with Crippen molar-refractivity contribution in [1.29, 1.82) is 0 Å². The van der Waals surface area contributed by atoms with Crippen LogP contribution in [0.4, 0.5) is 4.79 Å². The van der Waals surface area contributed by atoms with E-state index < -0.39 is 17.7 Å². The second-order valence-electron chi connectivity index (χ2n) is 6.20. The number of alkyl carbamates (subject to hydrolysis) is 1. The number of allylic oxidation sites excluding steroid dienone is 1. The van der Waals surface area contributed by atoms with Gasteiger partial charge in [-0.2, -0.15) is 0 Å². The molecule has 1 N–H and O–H groups in total. The van der Waals surface area contributed by atoms with Gasteiger partial charge < -0.3 is 9.47 Å². The molecule has 5 heteroatoms. The molecule has 1 aromatic carbocycles. The molecule has 0 saturated heterocycles. The highest BCUT2D eigenvalue weighted by molar-refractivity contribution is 5.93. The van der Waals surface area contributed by atoms with Crippen LogP contribution >= 0.6 is 0 Å². The Balaban J connectivity index is 2.75. The van der Waals surface area contributed by atoms with Gasteiger partial charge in [0.15, 0.2) is 0 Å². The largest absolute Gasteiger partial charge is 0.456 e. The maximum absolute atomic E-state index is 12.3. The summed E-state index contributed by atoms with van der Waals surface area (Å²) in [5.74, 6) is -0.570.